The Kier molecular flexibility index (Phi) is 4.57. The van der Waals surface area contributed by atoms with Gasteiger partial charge in [0.05, 0.1) is 12.0 Å². The predicted octanol–water partition coefficient (Wildman–Crippen LogP) is 3.95. The summed E-state index contributed by atoms with van der Waals surface area (Å²) in [6.45, 7) is 9.38. The Morgan fingerprint density at radius 2 is 1.94 bits per heavy atom. The third-order valence-electron chi connectivity index (χ3n) is 2.95. The molecule has 0 saturated carbocycles. The van der Waals surface area contributed by atoms with Gasteiger partial charge in [-0.15, -0.1) is 0 Å². The Labute approximate surface area is 105 Å². The van der Waals surface area contributed by atoms with Crippen LogP contribution >= 0.6 is 0 Å². The second-order valence-electron chi connectivity index (χ2n) is 5.41. The fourth-order valence-corrected chi connectivity index (χ4v) is 1.81. The number of rotatable bonds is 4. The highest BCUT2D eigenvalue weighted by Gasteiger charge is 2.17. The van der Waals surface area contributed by atoms with Crippen LogP contribution in [0.1, 0.15) is 39.7 Å². The molecule has 0 aliphatic heterocycles. The van der Waals surface area contributed by atoms with Gasteiger partial charge in [-0.05, 0) is 23.5 Å². The van der Waals surface area contributed by atoms with E-state index < -0.39 is 0 Å². The molecule has 0 heterocycles. The van der Waals surface area contributed by atoms with E-state index in [0.717, 1.165) is 18.7 Å². The van der Waals surface area contributed by atoms with Crippen molar-refractivity contribution < 1.29 is 0 Å². The molecule has 0 saturated heterocycles. The maximum Gasteiger partial charge on any atom is 0.0674 e. The van der Waals surface area contributed by atoms with Gasteiger partial charge in [0.1, 0.15) is 0 Å². The third kappa shape index (κ3) is 3.78. The van der Waals surface area contributed by atoms with Crippen LogP contribution in [0.4, 0.5) is 5.69 Å². The first kappa shape index (κ1) is 13.6. The highest BCUT2D eigenvalue weighted by Crippen LogP contribution is 2.29. The highest BCUT2D eigenvalue weighted by molar-refractivity contribution is 5.54. The number of hydrogen-bond acceptors (Lipinski definition) is 2. The van der Waals surface area contributed by atoms with E-state index in [0.29, 0.717) is 0 Å². The van der Waals surface area contributed by atoms with Crippen LogP contribution in [0.5, 0.6) is 0 Å². The monoisotopic (exact) mass is 230 g/mol. The molecule has 1 atom stereocenters. The molecule has 0 bridgehead atoms. The molecule has 0 radical (unpaired) electrons. The molecule has 1 rings (SSSR count). The quantitative estimate of drug-likeness (QED) is 0.850. The Bertz CT molecular complexity index is 396. The fraction of sp³-hybridized carbons (Fsp3) is 0.533. The molecule has 1 unspecified atom stereocenters. The lowest BCUT2D eigenvalue weighted by molar-refractivity contribution is 0.590. The average molecular weight is 230 g/mol. The zero-order chi connectivity index (χ0) is 12.9. The van der Waals surface area contributed by atoms with Gasteiger partial charge in [0.2, 0.25) is 0 Å². The second kappa shape index (κ2) is 5.72. The lowest BCUT2D eigenvalue weighted by Gasteiger charge is -2.23. The first-order valence-corrected chi connectivity index (χ1v) is 6.22. The van der Waals surface area contributed by atoms with E-state index in [-0.39, 0.29) is 11.3 Å². The molecule has 1 N–H and O–H groups in total. The van der Waals surface area contributed by atoms with E-state index in [4.69, 9.17) is 5.26 Å². The van der Waals surface area contributed by atoms with Gasteiger partial charge in [0.15, 0.2) is 0 Å². The summed E-state index contributed by atoms with van der Waals surface area (Å²) in [7, 11) is 0. The summed E-state index contributed by atoms with van der Waals surface area (Å²) in [5.74, 6) is 0.0861. The molecule has 0 aliphatic carbocycles. The van der Waals surface area contributed by atoms with Crippen molar-refractivity contribution in [3.8, 4) is 6.07 Å². The standard InChI is InChI=1S/C15H22N2/c1-5-12(10-16)11-17-14-9-7-6-8-13(14)15(2,3)4/h6-9,12,17H,5,11H2,1-4H3. The van der Waals surface area contributed by atoms with Gasteiger partial charge < -0.3 is 5.32 Å². The molecule has 1 aromatic carbocycles. The maximum absolute atomic E-state index is 8.94. The van der Waals surface area contributed by atoms with Gasteiger partial charge in [-0.1, -0.05) is 45.9 Å². The highest BCUT2D eigenvalue weighted by atomic mass is 14.9. The van der Waals surface area contributed by atoms with Gasteiger partial charge in [-0.3, -0.25) is 0 Å². The number of hydrogen-bond donors (Lipinski definition) is 1. The summed E-state index contributed by atoms with van der Waals surface area (Å²) in [6, 6.07) is 10.6. The minimum atomic E-state index is 0.0861. The topological polar surface area (TPSA) is 35.8 Å². The van der Waals surface area contributed by atoms with Crippen LogP contribution < -0.4 is 5.32 Å². The van der Waals surface area contributed by atoms with Crippen LogP contribution in [0.15, 0.2) is 24.3 Å². The Morgan fingerprint density at radius 3 is 2.47 bits per heavy atom. The summed E-state index contributed by atoms with van der Waals surface area (Å²) in [4.78, 5) is 0. The number of anilines is 1. The number of benzene rings is 1. The summed E-state index contributed by atoms with van der Waals surface area (Å²) in [5.41, 5.74) is 2.57. The van der Waals surface area contributed by atoms with Crippen LogP contribution in [0.2, 0.25) is 0 Å². The van der Waals surface area contributed by atoms with E-state index in [9.17, 15) is 0 Å². The Morgan fingerprint density at radius 1 is 1.29 bits per heavy atom. The maximum atomic E-state index is 8.94. The van der Waals surface area contributed by atoms with Crippen molar-refractivity contribution in [1.82, 2.24) is 0 Å². The molecule has 17 heavy (non-hydrogen) atoms. The number of nitriles is 1. The van der Waals surface area contributed by atoms with Crippen molar-refractivity contribution in [2.75, 3.05) is 11.9 Å². The van der Waals surface area contributed by atoms with E-state index in [1.54, 1.807) is 0 Å². The van der Waals surface area contributed by atoms with Gasteiger partial charge in [-0.25, -0.2) is 0 Å². The molecule has 2 nitrogen and oxygen atoms in total. The molecule has 0 amide bonds. The van der Waals surface area contributed by atoms with Crippen molar-refractivity contribution in [1.29, 1.82) is 5.26 Å². The first-order valence-electron chi connectivity index (χ1n) is 6.22. The minimum absolute atomic E-state index is 0.0861. The van der Waals surface area contributed by atoms with Crippen LogP contribution in [0.25, 0.3) is 0 Å². The van der Waals surface area contributed by atoms with Crippen LogP contribution in [-0.2, 0) is 5.41 Å². The molecule has 1 aromatic rings. The minimum Gasteiger partial charge on any atom is -0.383 e. The van der Waals surface area contributed by atoms with Crippen molar-refractivity contribution in [2.45, 2.75) is 39.5 Å². The SMILES string of the molecule is CCC(C#N)CNc1ccccc1C(C)(C)C. The average Bonchev–Trinajstić information content (AvgIpc) is 2.29. The van der Waals surface area contributed by atoms with Crippen LogP contribution in [-0.4, -0.2) is 6.54 Å². The first-order chi connectivity index (χ1) is 7.99. The molecule has 0 aromatic heterocycles. The van der Waals surface area contributed by atoms with Crippen molar-refractivity contribution in [2.24, 2.45) is 5.92 Å². The molecule has 0 fully saturated rings. The second-order valence-corrected chi connectivity index (χ2v) is 5.41. The molecule has 0 spiro atoms. The van der Waals surface area contributed by atoms with E-state index in [1.807, 2.05) is 13.0 Å². The lowest BCUT2D eigenvalue weighted by Crippen LogP contribution is -2.18. The van der Waals surface area contributed by atoms with Gasteiger partial charge >= 0.3 is 0 Å². The summed E-state index contributed by atoms with van der Waals surface area (Å²) >= 11 is 0. The summed E-state index contributed by atoms with van der Waals surface area (Å²) in [6.07, 6.45) is 0.890. The summed E-state index contributed by atoms with van der Waals surface area (Å²) in [5, 5.41) is 12.3. The van der Waals surface area contributed by atoms with E-state index in [1.165, 1.54) is 5.56 Å². The molecular formula is C15H22N2. The van der Waals surface area contributed by atoms with E-state index in [2.05, 4.69) is 50.4 Å². The molecular weight excluding hydrogens is 208 g/mol. The lowest BCUT2D eigenvalue weighted by atomic mass is 9.85. The van der Waals surface area contributed by atoms with Crippen LogP contribution in [0.3, 0.4) is 0 Å². The number of nitrogens with zero attached hydrogens (tertiary/aromatic N) is 1. The number of nitrogens with one attached hydrogen (secondary N) is 1. The molecule has 2 heteroatoms. The van der Waals surface area contributed by atoms with Crippen LogP contribution in [0, 0.1) is 17.2 Å². The smallest absolute Gasteiger partial charge is 0.0674 e. The zero-order valence-corrected chi connectivity index (χ0v) is 11.2. The Hall–Kier alpha value is -1.49. The van der Waals surface area contributed by atoms with Crippen molar-refractivity contribution in [3.63, 3.8) is 0 Å². The Balaban J connectivity index is 2.82. The van der Waals surface area contributed by atoms with Gasteiger partial charge in [0, 0.05) is 12.2 Å². The number of para-hydroxylation sites is 1. The predicted molar refractivity (Wildman–Crippen MR) is 73.0 cm³/mol. The molecule has 0 aliphatic rings. The zero-order valence-electron chi connectivity index (χ0n) is 11.2. The van der Waals surface area contributed by atoms with Crippen molar-refractivity contribution in [3.05, 3.63) is 29.8 Å². The van der Waals surface area contributed by atoms with Gasteiger partial charge in [-0.2, -0.15) is 5.26 Å². The fourth-order valence-electron chi connectivity index (χ4n) is 1.81. The largest absolute Gasteiger partial charge is 0.383 e. The van der Waals surface area contributed by atoms with Gasteiger partial charge in [0.25, 0.3) is 0 Å². The normalized spacial score (nSPS) is 12.9. The summed E-state index contributed by atoms with van der Waals surface area (Å²) < 4.78 is 0. The molecule has 92 valence electrons. The van der Waals surface area contributed by atoms with E-state index >= 15 is 0 Å². The third-order valence-corrected chi connectivity index (χ3v) is 2.95. The van der Waals surface area contributed by atoms with Crippen molar-refractivity contribution >= 4 is 5.69 Å².